The minimum absolute atomic E-state index is 0.371. The van der Waals surface area contributed by atoms with Gasteiger partial charge in [-0.3, -0.25) is 4.98 Å². The third-order valence-electron chi connectivity index (χ3n) is 3.26. The molecule has 0 bridgehead atoms. The Hall–Kier alpha value is -1.78. The second kappa shape index (κ2) is 5.31. The topological polar surface area (TPSA) is 33.1 Å². The SMILES string of the molecule is OC(c1cc(F)ccc1Br)c1cccc2cnccc12. The summed E-state index contributed by atoms with van der Waals surface area (Å²) in [7, 11) is 0. The van der Waals surface area contributed by atoms with E-state index in [0.717, 1.165) is 16.3 Å². The van der Waals surface area contributed by atoms with Crippen LogP contribution < -0.4 is 0 Å². The Labute approximate surface area is 124 Å². The van der Waals surface area contributed by atoms with Crippen LogP contribution in [0, 0.1) is 5.82 Å². The lowest BCUT2D eigenvalue weighted by atomic mass is 9.97. The normalized spacial score (nSPS) is 12.6. The number of rotatable bonds is 2. The number of aliphatic hydroxyl groups excluding tert-OH is 1. The Morgan fingerprint density at radius 2 is 1.95 bits per heavy atom. The Morgan fingerprint density at radius 3 is 2.80 bits per heavy atom. The maximum absolute atomic E-state index is 13.4. The molecule has 0 amide bonds. The number of benzene rings is 2. The third kappa shape index (κ3) is 2.32. The molecule has 4 heteroatoms. The van der Waals surface area contributed by atoms with Gasteiger partial charge >= 0.3 is 0 Å². The fourth-order valence-corrected chi connectivity index (χ4v) is 2.74. The second-order valence-electron chi connectivity index (χ2n) is 4.51. The minimum atomic E-state index is -0.897. The van der Waals surface area contributed by atoms with Crippen LogP contribution in [-0.4, -0.2) is 10.1 Å². The minimum Gasteiger partial charge on any atom is -0.384 e. The van der Waals surface area contributed by atoms with E-state index in [1.807, 2.05) is 24.3 Å². The van der Waals surface area contributed by atoms with Gasteiger partial charge in [-0.15, -0.1) is 0 Å². The van der Waals surface area contributed by atoms with E-state index in [2.05, 4.69) is 20.9 Å². The van der Waals surface area contributed by atoms with E-state index in [1.54, 1.807) is 18.5 Å². The lowest BCUT2D eigenvalue weighted by Gasteiger charge is -2.15. The van der Waals surface area contributed by atoms with Crippen molar-refractivity contribution >= 4 is 26.7 Å². The Kier molecular flexibility index (Phi) is 3.51. The zero-order valence-electron chi connectivity index (χ0n) is 10.4. The van der Waals surface area contributed by atoms with Crippen LogP contribution in [0.15, 0.2) is 59.3 Å². The van der Waals surface area contributed by atoms with Gasteiger partial charge in [0.05, 0.1) is 0 Å². The molecule has 0 aliphatic heterocycles. The molecule has 1 atom stereocenters. The third-order valence-corrected chi connectivity index (χ3v) is 3.98. The lowest BCUT2D eigenvalue weighted by Crippen LogP contribution is -2.02. The summed E-state index contributed by atoms with van der Waals surface area (Å²) in [4.78, 5) is 4.07. The highest BCUT2D eigenvalue weighted by atomic mass is 79.9. The molecule has 0 radical (unpaired) electrons. The Balaban J connectivity index is 2.17. The first kappa shape index (κ1) is 13.2. The summed E-state index contributed by atoms with van der Waals surface area (Å²) in [5, 5.41) is 12.4. The number of hydrogen-bond acceptors (Lipinski definition) is 2. The Bertz CT molecular complexity index is 770. The molecule has 1 unspecified atom stereocenters. The van der Waals surface area contributed by atoms with E-state index < -0.39 is 6.10 Å². The van der Waals surface area contributed by atoms with Crippen molar-refractivity contribution < 1.29 is 9.50 Å². The van der Waals surface area contributed by atoms with Crippen LogP contribution in [0.3, 0.4) is 0 Å². The van der Waals surface area contributed by atoms with Crippen molar-refractivity contribution in [3.05, 3.63) is 76.3 Å². The van der Waals surface area contributed by atoms with E-state index in [9.17, 15) is 9.50 Å². The van der Waals surface area contributed by atoms with Gasteiger partial charge in [-0.25, -0.2) is 4.39 Å². The summed E-state index contributed by atoms with van der Waals surface area (Å²) in [5.41, 5.74) is 1.24. The molecule has 20 heavy (non-hydrogen) atoms. The average molecular weight is 332 g/mol. The van der Waals surface area contributed by atoms with Crippen LogP contribution in [-0.2, 0) is 0 Å². The molecule has 2 aromatic carbocycles. The number of nitrogens with zero attached hydrogens (tertiary/aromatic N) is 1. The molecule has 0 saturated heterocycles. The number of fused-ring (bicyclic) bond motifs is 1. The predicted octanol–water partition coefficient (Wildman–Crippen LogP) is 4.22. The first-order valence-electron chi connectivity index (χ1n) is 6.12. The monoisotopic (exact) mass is 331 g/mol. The summed E-state index contributed by atoms with van der Waals surface area (Å²) in [6.07, 6.45) is 2.52. The molecule has 1 N–H and O–H groups in total. The van der Waals surface area contributed by atoms with Gasteiger partial charge < -0.3 is 5.11 Å². The molecule has 0 aliphatic rings. The van der Waals surface area contributed by atoms with Crippen LogP contribution in [0.25, 0.3) is 10.8 Å². The molecule has 3 rings (SSSR count). The summed E-state index contributed by atoms with van der Waals surface area (Å²) in [6.45, 7) is 0. The molecule has 0 fully saturated rings. The van der Waals surface area contributed by atoms with E-state index in [-0.39, 0.29) is 5.82 Å². The zero-order valence-corrected chi connectivity index (χ0v) is 12.0. The van der Waals surface area contributed by atoms with Gasteiger partial charge in [0.2, 0.25) is 0 Å². The maximum atomic E-state index is 13.4. The fourth-order valence-electron chi connectivity index (χ4n) is 2.28. The summed E-state index contributed by atoms with van der Waals surface area (Å²) < 4.78 is 14.1. The van der Waals surface area contributed by atoms with Crippen molar-refractivity contribution in [2.45, 2.75) is 6.10 Å². The van der Waals surface area contributed by atoms with E-state index in [4.69, 9.17) is 0 Å². The molecule has 100 valence electrons. The van der Waals surface area contributed by atoms with Gasteiger partial charge in [0.15, 0.2) is 0 Å². The largest absolute Gasteiger partial charge is 0.384 e. The lowest BCUT2D eigenvalue weighted by molar-refractivity contribution is 0.220. The van der Waals surface area contributed by atoms with E-state index >= 15 is 0 Å². The van der Waals surface area contributed by atoms with Crippen LogP contribution >= 0.6 is 15.9 Å². The van der Waals surface area contributed by atoms with E-state index in [1.165, 1.54) is 12.1 Å². The van der Waals surface area contributed by atoms with Gasteiger partial charge in [-0.1, -0.05) is 34.1 Å². The van der Waals surface area contributed by atoms with Gasteiger partial charge in [0.25, 0.3) is 0 Å². The van der Waals surface area contributed by atoms with Crippen molar-refractivity contribution in [2.75, 3.05) is 0 Å². The quantitative estimate of drug-likeness (QED) is 0.762. The number of halogens is 2. The van der Waals surface area contributed by atoms with Crippen LogP contribution in [0.2, 0.25) is 0 Å². The van der Waals surface area contributed by atoms with Gasteiger partial charge in [0.1, 0.15) is 11.9 Å². The number of aromatic nitrogens is 1. The van der Waals surface area contributed by atoms with Crippen molar-refractivity contribution in [2.24, 2.45) is 0 Å². The first-order chi connectivity index (χ1) is 9.66. The molecule has 2 nitrogen and oxygen atoms in total. The van der Waals surface area contributed by atoms with E-state index in [0.29, 0.717) is 10.0 Å². The standard InChI is InChI=1S/C16H11BrFNO/c17-15-5-4-11(18)8-14(15)16(20)13-3-1-2-10-9-19-7-6-12(10)13/h1-9,16,20H. The molecule has 0 aliphatic carbocycles. The smallest absolute Gasteiger partial charge is 0.123 e. The molecular formula is C16H11BrFNO. The highest BCUT2D eigenvalue weighted by Crippen LogP contribution is 2.32. The summed E-state index contributed by atoms with van der Waals surface area (Å²) >= 11 is 3.35. The van der Waals surface area contributed by atoms with Gasteiger partial charge in [-0.2, -0.15) is 0 Å². The fraction of sp³-hybridized carbons (Fsp3) is 0.0625. The van der Waals surface area contributed by atoms with Crippen molar-refractivity contribution in [3.8, 4) is 0 Å². The highest BCUT2D eigenvalue weighted by Gasteiger charge is 2.16. The van der Waals surface area contributed by atoms with Gasteiger partial charge in [0, 0.05) is 27.8 Å². The molecule has 1 aromatic heterocycles. The van der Waals surface area contributed by atoms with Crippen molar-refractivity contribution in [1.29, 1.82) is 0 Å². The molecule has 0 spiro atoms. The van der Waals surface area contributed by atoms with Crippen LogP contribution in [0.5, 0.6) is 0 Å². The molecule has 1 heterocycles. The number of aliphatic hydroxyl groups is 1. The number of hydrogen-bond donors (Lipinski definition) is 1. The second-order valence-corrected chi connectivity index (χ2v) is 5.37. The highest BCUT2D eigenvalue weighted by molar-refractivity contribution is 9.10. The Morgan fingerprint density at radius 1 is 1.10 bits per heavy atom. The average Bonchev–Trinajstić information content (AvgIpc) is 2.48. The number of pyridine rings is 1. The van der Waals surface area contributed by atoms with Gasteiger partial charge in [-0.05, 0) is 35.2 Å². The molecular weight excluding hydrogens is 321 g/mol. The van der Waals surface area contributed by atoms with Crippen molar-refractivity contribution in [3.63, 3.8) is 0 Å². The van der Waals surface area contributed by atoms with Crippen molar-refractivity contribution in [1.82, 2.24) is 4.98 Å². The maximum Gasteiger partial charge on any atom is 0.123 e. The zero-order chi connectivity index (χ0) is 14.1. The molecule has 0 saturated carbocycles. The predicted molar refractivity (Wildman–Crippen MR) is 79.9 cm³/mol. The van der Waals surface area contributed by atoms with Crippen LogP contribution in [0.1, 0.15) is 17.2 Å². The summed E-state index contributed by atoms with van der Waals surface area (Å²) in [5.74, 6) is -0.371. The summed E-state index contributed by atoms with van der Waals surface area (Å²) in [6, 6.07) is 11.8. The first-order valence-corrected chi connectivity index (χ1v) is 6.92. The van der Waals surface area contributed by atoms with Crippen LogP contribution in [0.4, 0.5) is 4.39 Å². The molecule has 3 aromatic rings.